The first kappa shape index (κ1) is 15.7. The van der Waals surface area contributed by atoms with Gasteiger partial charge in [-0.25, -0.2) is 0 Å². The third-order valence-corrected chi connectivity index (χ3v) is 2.48. The highest BCUT2D eigenvalue weighted by Crippen LogP contribution is 2.29. The quantitative estimate of drug-likeness (QED) is 0.872. The van der Waals surface area contributed by atoms with Gasteiger partial charge in [0.15, 0.2) is 0 Å². The monoisotopic (exact) mass is 258 g/mol. The second kappa shape index (κ2) is 6.47. The van der Waals surface area contributed by atoms with Gasteiger partial charge in [0.05, 0.1) is 13.2 Å². The molecule has 0 aromatic heterocycles. The average Bonchev–Trinajstić information content (AvgIpc) is 2.22. The van der Waals surface area contributed by atoms with E-state index in [0.29, 0.717) is 0 Å². The lowest BCUT2D eigenvalue weighted by atomic mass is 10.1. The molecule has 0 unspecified atom stereocenters. The van der Waals surface area contributed by atoms with Crippen molar-refractivity contribution in [3.8, 4) is 5.75 Å². The molecule has 0 saturated carbocycles. The zero-order valence-corrected chi connectivity index (χ0v) is 11.4. The second-order valence-corrected chi connectivity index (χ2v) is 3.87. The van der Waals surface area contributed by atoms with Gasteiger partial charge in [-0.05, 0) is 32.4 Å². The van der Waals surface area contributed by atoms with Crippen LogP contribution in [0.15, 0.2) is 12.1 Å². The van der Waals surface area contributed by atoms with E-state index in [2.05, 4.69) is 5.32 Å². The number of hydrogen-bond acceptors (Lipinski definition) is 3. The Kier molecular flexibility index (Phi) is 5.99. The molecule has 0 saturated heterocycles. The number of aryl methyl sites for hydroxylation is 1. The minimum absolute atomic E-state index is 0. The number of rotatable bonds is 3. The lowest BCUT2D eigenvalue weighted by Gasteiger charge is -2.14. The van der Waals surface area contributed by atoms with Crippen molar-refractivity contribution in [2.75, 3.05) is 12.4 Å². The second-order valence-electron chi connectivity index (χ2n) is 3.87. The van der Waals surface area contributed by atoms with Crippen molar-refractivity contribution in [2.24, 2.45) is 5.73 Å². The lowest BCUT2D eigenvalue weighted by molar-refractivity contribution is -0.117. The average molecular weight is 259 g/mol. The summed E-state index contributed by atoms with van der Waals surface area (Å²) in [6.07, 6.45) is 0. The third-order valence-electron chi connectivity index (χ3n) is 2.48. The fourth-order valence-electron chi connectivity index (χ4n) is 1.52. The molecule has 4 nitrogen and oxygen atoms in total. The molecule has 0 aliphatic rings. The van der Waals surface area contributed by atoms with E-state index < -0.39 is 6.04 Å². The third kappa shape index (κ3) is 3.61. The minimum atomic E-state index is -0.522. The van der Waals surface area contributed by atoms with Crippen LogP contribution in [0.25, 0.3) is 0 Å². The van der Waals surface area contributed by atoms with Gasteiger partial charge in [0.2, 0.25) is 5.91 Å². The van der Waals surface area contributed by atoms with Crippen molar-refractivity contribution < 1.29 is 9.53 Å². The van der Waals surface area contributed by atoms with Crippen molar-refractivity contribution in [2.45, 2.75) is 26.8 Å². The highest BCUT2D eigenvalue weighted by Gasteiger charge is 2.12. The van der Waals surface area contributed by atoms with Crippen molar-refractivity contribution in [3.05, 3.63) is 23.3 Å². The van der Waals surface area contributed by atoms with Crippen LogP contribution in [-0.2, 0) is 4.79 Å². The Labute approximate surface area is 108 Å². The molecular formula is C12H19ClN2O2. The molecule has 1 atom stereocenters. The first-order chi connectivity index (χ1) is 7.47. The normalized spacial score (nSPS) is 11.4. The Morgan fingerprint density at radius 1 is 1.41 bits per heavy atom. The summed E-state index contributed by atoms with van der Waals surface area (Å²) in [5.74, 6) is 0.594. The number of methoxy groups -OCH3 is 1. The number of ether oxygens (including phenoxy) is 1. The molecule has 0 spiro atoms. The SMILES string of the molecule is COc1c(C)ccc(NC(=O)[C@H](C)N)c1C.Cl. The highest BCUT2D eigenvalue weighted by molar-refractivity contribution is 5.95. The standard InChI is InChI=1S/C12H18N2O2.ClH/c1-7-5-6-10(8(2)11(7)16-4)14-12(15)9(3)13;/h5-6,9H,13H2,1-4H3,(H,14,15);1H/t9-;/m0./s1. The molecule has 1 aromatic rings. The molecule has 1 amide bonds. The summed E-state index contributed by atoms with van der Waals surface area (Å²) < 4.78 is 5.28. The van der Waals surface area contributed by atoms with Gasteiger partial charge in [-0.2, -0.15) is 0 Å². The Balaban J connectivity index is 0.00000256. The zero-order valence-electron chi connectivity index (χ0n) is 10.5. The Hall–Kier alpha value is -1.26. The molecule has 0 bridgehead atoms. The van der Waals surface area contributed by atoms with Gasteiger partial charge in [0, 0.05) is 11.3 Å². The van der Waals surface area contributed by atoms with Gasteiger partial charge in [0.1, 0.15) is 5.75 Å². The van der Waals surface area contributed by atoms with Crippen LogP contribution in [0.2, 0.25) is 0 Å². The molecule has 3 N–H and O–H groups in total. The minimum Gasteiger partial charge on any atom is -0.496 e. The van der Waals surface area contributed by atoms with E-state index in [0.717, 1.165) is 22.6 Å². The van der Waals surface area contributed by atoms with E-state index in [1.807, 2.05) is 26.0 Å². The Morgan fingerprint density at radius 2 is 2.00 bits per heavy atom. The van der Waals surface area contributed by atoms with Crippen LogP contribution in [-0.4, -0.2) is 19.1 Å². The van der Waals surface area contributed by atoms with Crippen molar-refractivity contribution >= 4 is 24.0 Å². The van der Waals surface area contributed by atoms with Crippen LogP contribution in [0.5, 0.6) is 5.75 Å². The van der Waals surface area contributed by atoms with Crippen LogP contribution in [0.4, 0.5) is 5.69 Å². The predicted molar refractivity (Wildman–Crippen MR) is 72.0 cm³/mol. The molecule has 1 rings (SSSR count). The number of carbonyl (C=O) groups excluding carboxylic acids is 1. The van der Waals surface area contributed by atoms with Crippen LogP contribution >= 0.6 is 12.4 Å². The predicted octanol–water partition coefficient (Wildman–Crippen LogP) is 2.02. The molecule has 17 heavy (non-hydrogen) atoms. The van der Waals surface area contributed by atoms with Gasteiger partial charge in [-0.15, -0.1) is 12.4 Å². The summed E-state index contributed by atoms with van der Waals surface area (Å²) in [4.78, 5) is 11.5. The largest absolute Gasteiger partial charge is 0.496 e. The molecule has 5 heteroatoms. The summed E-state index contributed by atoms with van der Waals surface area (Å²) in [6, 6.07) is 3.24. The molecule has 0 fully saturated rings. The van der Waals surface area contributed by atoms with Gasteiger partial charge < -0.3 is 15.8 Å². The van der Waals surface area contributed by atoms with Crippen molar-refractivity contribution in [1.29, 1.82) is 0 Å². The van der Waals surface area contributed by atoms with Crippen LogP contribution < -0.4 is 15.8 Å². The highest BCUT2D eigenvalue weighted by atomic mass is 35.5. The van der Waals surface area contributed by atoms with Crippen molar-refractivity contribution in [1.82, 2.24) is 0 Å². The molecule has 0 aliphatic carbocycles. The lowest BCUT2D eigenvalue weighted by Crippen LogP contribution is -2.32. The number of halogens is 1. The van der Waals surface area contributed by atoms with Gasteiger partial charge in [-0.1, -0.05) is 6.07 Å². The smallest absolute Gasteiger partial charge is 0.241 e. The summed E-state index contributed by atoms with van der Waals surface area (Å²) in [6.45, 7) is 5.52. The maximum Gasteiger partial charge on any atom is 0.241 e. The Morgan fingerprint density at radius 3 is 2.47 bits per heavy atom. The van der Waals surface area contributed by atoms with Gasteiger partial charge in [0.25, 0.3) is 0 Å². The topological polar surface area (TPSA) is 64.3 Å². The van der Waals surface area contributed by atoms with Crippen LogP contribution in [0.1, 0.15) is 18.1 Å². The van der Waals surface area contributed by atoms with Gasteiger partial charge >= 0.3 is 0 Å². The maximum absolute atomic E-state index is 11.5. The first-order valence-electron chi connectivity index (χ1n) is 5.18. The number of hydrogen-bond donors (Lipinski definition) is 2. The van der Waals surface area contributed by atoms with Crippen LogP contribution in [0, 0.1) is 13.8 Å². The molecule has 0 radical (unpaired) electrons. The van der Waals surface area contributed by atoms with E-state index in [4.69, 9.17) is 10.5 Å². The summed E-state index contributed by atoms with van der Waals surface area (Å²) in [5, 5.41) is 2.77. The number of carbonyl (C=O) groups is 1. The fraction of sp³-hybridized carbons (Fsp3) is 0.417. The van der Waals surface area contributed by atoms with E-state index >= 15 is 0 Å². The van der Waals surface area contributed by atoms with Gasteiger partial charge in [-0.3, -0.25) is 4.79 Å². The Bertz CT molecular complexity index is 406. The molecule has 1 aromatic carbocycles. The van der Waals surface area contributed by atoms with Crippen LogP contribution in [0.3, 0.4) is 0 Å². The number of anilines is 1. The molecular weight excluding hydrogens is 240 g/mol. The summed E-state index contributed by atoms with van der Waals surface area (Å²) >= 11 is 0. The van der Waals surface area contributed by atoms with E-state index in [-0.39, 0.29) is 18.3 Å². The zero-order chi connectivity index (χ0) is 12.3. The fourth-order valence-corrected chi connectivity index (χ4v) is 1.52. The number of benzene rings is 1. The first-order valence-corrected chi connectivity index (χ1v) is 5.18. The number of nitrogens with two attached hydrogens (primary N) is 1. The summed E-state index contributed by atoms with van der Waals surface area (Å²) in [5.41, 5.74) is 8.19. The number of nitrogens with one attached hydrogen (secondary N) is 1. The maximum atomic E-state index is 11.5. The van der Waals surface area contributed by atoms with E-state index in [1.165, 1.54) is 0 Å². The van der Waals surface area contributed by atoms with Crippen molar-refractivity contribution in [3.63, 3.8) is 0 Å². The van der Waals surface area contributed by atoms with E-state index in [9.17, 15) is 4.79 Å². The molecule has 0 heterocycles. The molecule has 96 valence electrons. The molecule has 0 aliphatic heterocycles. The number of amides is 1. The van der Waals surface area contributed by atoms with E-state index in [1.54, 1.807) is 14.0 Å². The summed E-state index contributed by atoms with van der Waals surface area (Å²) in [7, 11) is 1.62.